The lowest BCUT2D eigenvalue weighted by atomic mass is 10.2. The number of nitrogens with zero attached hydrogens (tertiary/aromatic N) is 2. The highest BCUT2D eigenvalue weighted by Gasteiger charge is 2.07. The minimum absolute atomic E-state index is 0.184. The van der Waals surface area contributed by atoms with Crippen LogP contribution in [0.3, 0.4) is 0 Å². The van der Waals surface area contributed by atoms with Gasteiger partial charge in [0, 0.05) is 24.3 Å². The SMILES string of the molecule is CC(NCc1ccc2ccccc2n1)c1ncc[nH]1. The fourth-order valence-electron chi connectivity index (χ4n) is 2.08. The second-order valence-corrected chi connectivity index (χ2v) is 4.57. The Hall–Kier alpha value is -2.20. The molecule has 2 N–H and O–H groups in total. The Balaban J connectivity index is 1.71. The molecule has 3 rings (SSSR count). The average molecular weight is 252 g/mol. The van der Waals surface area contributed by atoms with Crippen molar-refractivity contribution >= 4 is 10.9 Å². The van der Waals surface area contributed by atoms with E-state index < -0.39 is 0 Å². The number of para-hydroxylation sites is 1. The fourth-order valence-corrected chi connectivity index (χ4v) is 2.08. The van der Waals surface area contributed by atoms with Crippen molar-refractivity contribution in [2.45, 2.75) is 19.5 Å². The predicted octanol–water partition coefficient (Wildman–Crippen LogP) is 2.81. The van der Waals surface area contributed by atoms with Crippen LogP contribution in [0, 0.1) is 0 Å². The molecule has 1 atom stereocenters. The number of aromatic amines is 1. The maximum atomic E-state index is 4.64. The van der Waals surface area contributed by atoms with Crippen molar-refractivity contribution in [2.75, 3.05) is 0 Å². The average Bonchev–Trinajstić information content (AvgIpc) is 2.99. The number of aromatic nitrogens is 3. The third kappa shape index (κ3) is 2.63. The highest BCUT2D eigenvalue weighted by atomic mass is 15.0. The maximum Gasteiger partial charge on any atom is 0.122 e. The molecule has 2 aromatic heterocycles. The number of hydrogen-bond donors (Lipinski definition) is 2. The zero-order valence-electron chi connectivity index (χ0n) is 10.8. The Morgan fingerprint density at radius 1 is 1.21 bits per heavy atom. The smallest absolute Gasteiger partial charge is 0.122 e. The van der Waals surface area contributed by atoms with Crippen LogP contribution in [-0.4, -0.2) is 15.0 Å². The van der Waals surface area contributed by atoms with Crippen molar-refractivity contribution in [3.8, 4) is 0 Å². The molecule has 0 aliphatic carbocycles. The van der Waals surface area contributed by atoms with Gasteiger partial charge in [-0.15, -0.1) is 0 Å². The third-order valence-corrected chi connectivity index (χ3v) is 3.17. The Morgan fingerprint density at radius 2 is 2.11 bits per heavy atom. The molecule has 0 aliphatic heterocycles. The molecular weight excluding hydrogens is 236 g/mol. The van der Waals surface area contributed by atoms with Crippen LogP contribution in [0.5, 0.6) is 0 Å². The molecule has 0 amide bonds. The molecule has 0 bridgehead atoms. The third-order valence-electron chi connectivity index (χ3n) is 3.17. The number of imidazole rings is 1. The van der Waals surface area contributed by atoms with Gasteiger partial charge in [-0.05, 0) is 19.1 Å². The predicted molar refractivity (Wildman–Crippen MR) is 75.6 cm³/mol. The van der Waals surface area contributed by atoms with Gasteiger partial charge >= 0.3 is 0 Å². The van der Waals surface area contributed by atoms with E-state index in [0.717, 1.165) is 23.6 Å². The first kappa shape index (κ1) is 11.9. The molecule has 1 aromatic carbocycles. The van der Waals surface area contributed by atoms with Gasteiger partial charge in [0.15, 0.2) is 0 Å². The van der Waals surface area contributed by atoms with Crippen LogP contribution in [0.15, 0.2) is 48.8 Å². The molecular formula is C15H16N4. The first-order chi connectivity index (χ1) is 9.33. The molecule has 0 spiro atoms. The van der Waals surface area contributed by atoms with Crippen LogP contribution in [0.1, 0.15) is 24.5 Å². The number of fused-ring (bicyclic) bond motifs is 1. The van der Waals surface area contributed by atoms with E-state index in [0.29, 0.717) is 0 Å². The molecule has 4 nitrogen and oxygen atoms in total. The summed E-state index contributed by atoms with van der Waals surface area (Å²) in [6.45, 7) is 2.81. The van der Waals surface area contributed by atoms with Crippen molar-refractivity contribution in [1.82, 2.24) is 20.3 Å². The summed E-state index contributed by atoms with van der Waals surface area (Å²) < 4.78 is 0. The monoisotopic (exact) mass is 252 g/mol. The lowest BCUT2D eigenvalue weighted by Crippen LogP contribution is -2.19. The van der Waals surface area contributed by atoms with Crippen LogP contribution in [0.2, 0.25) is 0 Å². The summed E-state index contributed by atoms with van der Waals surface area (Å²) in [5.74, 6) is 0.945. The van der Waals surface area contributed by atoms with Gasteiger partial charge in [-0.2, -0.15) is 0 Å². The highest BCUT2D eigenvalue weighted by molar-refractivity contribution is 5.78. The first-order valence-corrected chi connectivity index (χ1v) is 6.40. The molecule has 0 aliphatic rings. The summed E-state index contributed by atoms with van der Waals surface area (Å²) >= 11 is 0. The van der Waals surface area contributed by atoms with Gasteiger partial charge < -0.3 is 10.3 Å². The number of benzene rings is 1. The van der Waals surface area contributed by atoms with E-state index in [4.69, 9.17) is 0 Å². The van der Waals surface area contributed by atoms with Gasteiger partial charge in [-0.3, -0.25) is 4.98 Å². The number of pyridine rings is 1. The van der Waals surface area contributed by atoms with Crippen LogP contribution >= 0.6 is 0 Å². The van der Waals surface area contributed by atoms with Crippen molar-refractivity contribution in [3.05, 3.63) is 60.3 Å². The van der Waals surface area contributed by atoms with Crippen LogP contribution < -0.4 is 5.32 Å². The number of rotatable bonds is 4. The summed E-state index contributed by atoms with van der Waals surface area (Å²) in [6.07, 6.45) is 3.60. The van der Waals surface area contributed by atoms with Crippen LogP contribution in [-0.2, 0) is 6.54 Å². The zero-order chi connectivity index (χ0) is 13.1. The minimum Gasteiger partial charge on any atom is -0.347 e. The van der Waals surface area contributed by atoms with Gasteiger partial charge in [0.2, 0.25) is 0 Å². The summed E-state index contributed by atoms with van der Waals surface area (Å²) in [5.41, 5.74) is 2.07. The van der Waals surface area contributed by atoms with E-state index in [1.54, 1.807) is 6.20 Å². The molecule has 0 radical (unpaired) electrons. The maximum absolute atomic E-state index is 4.64. The van der Waals surface area contributed by atoms with E-state index in [-0.39, 0.29) is 6.04 Å². The van der Waals surface area contributed by atoms with E-state index in [1.807, 2.05) is 24.4 Å². The normalized spacial score (nSPS) is 12.7. The Kier molecular flexibility index (Phi) is 3.25. The van der Waals surface area contributed by atoms with Crippen molar-refractivity contribution < 1.29 is 0 Å². The van der Waals surface area contributed by atoms with Crippen molar-refractivity contribution in [3.63, 3.8) is 0 Å². The Morgan fingerprint density at radius 3 is 2.95 bits per heavy atom. The number of H-pyrrole nitrogens is 1. The molecule has 0 fully saturated rings. The summed E-state index contributed by atoms with van der Waals surface area (Å²) in [6, 6.07) is 12.5. The molecule has 3 aromatic rings. The van der Waals surface area contributed by atoms with Crippen LogP contribution in [0.25, 0.3) is 10.9 Å². The van der Waals surface area contributed by atoms with E-state index >= 15 is 0 Å². The number of nitrogens with one attached hydrogen (secondary N) is 2. The molecule has 2 heterocycles. The fraction of sp³-hybridized carbons (Fsp3) is 0.200. The molecule has 96 valence electrons. The largest absolute Gasteiger partial charge is 0.347 e. The lowest BCUT2D eigenvalue weighted by Gasteiger charge is -2.11. The van der Waals surface area contributed by atoms with Crippen molar-refractivity contribution in [1.29, 1.82) is 0 Å². The van der Waals surface area contributed by atoms with Gasteiger partial charge in [-0.25, -0.2) is 4.98 Å². The highest BCUT2D eigenvalue weighted by Crippen LogP contribution is 2.12. The minimum atomic E-state index is 0.184. The van der Waals surface area contributed by atoms with Crippen LogP contribution in [0.4, 0.5) is 0 Å². The quantitative estimate of drug-likeness (QED) is 0.750. The standard InChI is InChI=1S/C15H16N4/c1-11(15-16-8-9-17-15)18-10-13-7-6-12-4-2-3-5-14(12)19-13/h2-9,11,18H,10H2,1H3,(H,16,17). The van der Waals surface area contributed by atoms with E-state index in [2.05, 4.69) is 45.4 Å². The molecule has 0 saturated carbocycles. The van der Waals surface area contributed by atoms with Gasteiger partial charge in [0.05, 0.1) is 17.3 Å². The summed E-state index contributed by atoms with van der Waals surface area (Å²) in [7, 11) is 0. The summed E-state index contributed by atoms with van der Waals surface area (Å²) in [4.78, 5) is 12.0. The molecule has 0 saturated heterocycles. The molecule has 1 unspecified atom stereocenters. The Labute approximate surface area is 111 Å². The van der Waals surface area contributed by atoms with Gasteiger partial charge in [0.1, 0.15) is 5.82 Å². The second-order valence-electron chi connectivity index (χ2n) is 4.57. The Bertz CT molecular complexity index is 661. The second kappa shape index (κ2) is 5.20. The molecule has 19 heavy (non-hydrogen) atoms. The van der Waals surface area contributed by atoms with Gasteiger partial charge in [0.25, 0.3) is 0 Å². The van der Waals surface area contributed by atoms with Gasteiger partial charge in [-0.1, -0.05) is 24.3 Å². The van der Waals surface area contributed by atoms with Crippen molar-refractivity contribution in [2.24, 2.45) is 0 Å². The topological polar surface area (TPSA) is 53.6 Å². The number of hydrogen-bond acceptors (Lipinski definition) is 3. The zero-order valence-corrected chi connectivity index (χ0v) is 10.8. The van der Waals surface area contributed by atoms with E-state index in [9.17, 15) is 0 Å². The lowest BCUT2D eigenvalue weighted by molar-refractivity contribution is 0.546. The van der Waals surface area contributed by atoms with E-state index in [1.165, 1.54) is 5.39 Å². The molecule has 4 heteroatoms. The summed E-state index contributed by atoms with van der Waals surface area (Å²) in [5, 5.41) is 4.58. The first-order valence-electron chi connectivity index (χ1n) is 6.40.